The predicted octanol–water partition coefficient (Wildman–Crippen LogP) is -0.181. The molecule has 0 atom stereocenters. The highest BCUT2D eigenvalue weighted by Gasteiger charge is 2.24. The minimum absolute atomic E-state index is 0.0978. The molecular weight excluding hydrogens is 216 g/mol. The molecule has 1 aromatic rings. The Kier molecular flexibility index (Phi) is 2.24. The molecule has 8 nitrogen and oxygen atoms in total. The number of fused-ring (bicyclic) bond motifs is 1. The molecular formula is C8H7N4O4-. The number of hydrogen-bond acceptors (Lipinski definition) is 6. The van der Waals surface area contributed by atoms with Gasteiger partial charge in [-0.25, -0.2) is 4.99 Å². The average Bonchev–Trinajstić information content (AvgIpc) is 2.71. The van der Waals surface area contributed by atoms with Gasteiger partial charge in [-0.15, -0.1) is 0 Å². The lowest BCUT2D eigenvalue weighted by atomic mass is 10.2. The first kappa shape index (κ1) is 10.0. The standard InChI is InChI=1S/C8H8N4O4/c1-16-8(13)7-6-5(10-3-11-7)4(2-9-6)12(14)15/h2-3,9,13H,1H3,(H,10,11)/p-1. The number of aromatic nitrogens is 1. The van der Waals surface area contributed by atoms with Crippen LogP contribution in [0, 0.1) is 10.1 Å². The van der Waals surface area contributed by atoms with Gasteiger partial charge in [0, 0.05) is 0 Å². The Morgan fingerprint density at radius 3 is 3.00 bits per heavy atom. The Balaban J connectivity index is 2.59. The summed E-state index contributed by atoms with van der Waals surface area (Å²) in [5, 5.41) is 24.6. The Bertz CT molecular complexity index is 502. The van der Waals surface area contributed by atoms with Crippen LogP contribution in [-0.4, -0.2) is 23.4 Å². The van der Waals surface area contributed by atoms with Crippen molar-refractivity contribution in [1.82, 2.24) is 10.3 Å². The van der Waals surface area contributed by atoms with Crippen molar-refractivity contribution >= 4 is 23.4 Å². The summed E-state index contributed by atoms with van der Waals surface area (Å²) >= 11 is 0. The first-order valence-electron chi connectivity index (χ1n) is 4.25. The molecule has 0 bridgehead atoms. The lowest BCUT2D eigenvalue weighted by molar-refractivity contribution is -0.384. The molecule has 84 valence electrons. The van der Waals surface area contributed by atoms with Gasteiger partial charge < -0.3 is 20.1 Å². The zero-order chi connectivity index (χ0) is 11.7. The molecule has 2 heterocycles. The van der Waals surface area contributed by atoms with Crippen molar-refractivity contribution in [2.24, 2.45) is 4.99 Å². The second-order valence-electron chi connectivity index (χ2n) is 2.92. The maximum absolute atomic E-state index is 11.3. The van der Waals surface area contributed by atoms with E-state index in [9.17, 15) is 15.2 Å². The fourth-order valence-electron chi connectivity index (χ4n) is 1.36. The highest BCUT2D eigenvalue weighted by molar-refractivity contribution is 5.89. The minimum Gasteiger partial charge on any atom is -0.615 e. The second-order valence-corrected chi connectivity index (χ2v) is 2.92. The zero-order valence-electron chi connectivity index (χ0n) is 8.18. The van der Waals surface area contributed by atoms with Crippen LogP contribution in [0.25, 0.3) is 5.70 Å². The molecule has 0 saturated heterocycles. The van der Waals surface area contributed by atoms with Gasteiger partial charge in [-0.1, -0.05) is 0 Å². The van der Waals surface area contributed by atoms with Gasteiger partial charge in [0.15, 0.2) is 5.69 Å². The van der Waals surface area contributed by atoms with Gasteiger partial charge in [-0.05, 0) is 7.11 Å². The summed E-state index contributed by atoms with van der Waals surface area (Å²) in [4.78, 5) is 16.5. The third kappa shape index (κ3) is 1.36. The van der Waals surface area contributed by atoms with E-state index in [2.05, 4.69) is 20.0 Å². The van der Waals surface area contributed by atoms with Gasteiger partial charge in [-0.3, -0.25) is 10.1 Å². The van der Waals surface area contributed by atoms with Crippen LogP contribution in [0.2, 0.25) is 0 Å². The highest BCUT2D eigenvalue weighted by atomic mass is 16.6. The number of ether oxygens (including phenoxy) is 1. The number of rotatable bonds is 2. The Hall–Kier alpha value is -2.51. The van der Waals surface area contributed by atoms with Crippen molar-refractivity contribution in [2.75, 3.05) is 7.11 Å². The van der Waals surface area contributed by atoms with E-state index in [1.54, 1.807) is 0 Å². The molecule has 0 aromatic carbocycles. The molecule has 2 N–H and O–H groups in total. The van der Waals surface area contributed by atoms with Crippen LogP contribution in [0.1, 0.15) is 5.69 Å². The van der Waals surface area contributed by atoms with Crippen LogP contribution in [0.15, 0.2) is 17.1 Å². The molecule has 0 saturated carbocycles. The Morgan fingerprint density at radius 2 is 2.38 bits per heavy atom. The van der Waals surface area contributed by atoms with Crippen LogP contribution in [0.3, 0.4) is 0 Å². The van der Waals surface area contributed by atoms with E-state index in [0.717, 1.165) is 0 Å². The summed E-state index contributed by atoms with van der Waals surface area (Å²) in [7, 11) is 1.22. The third-order valence-corrected chi connectivity index (χ3v) is 2.07. The summed E-state index contributed by atoms with van der Waals surface area (Å²) in [6.07, 6.45) is 2.38. The van der Waals surface area contributed by atoms with Gasteiger partial charge in [0.1, 0.15) is 0 Å². The van der Waals surface area contributed by atoms with E-state index >= 15 is 0 Å². The topological polar surface area (TPSA) is 116 Å². The summed E-state index contributed by atoms with van der Waals surface area (Å²) in [5.41, 5.74) is 0.278. The second kappa shape index (κ2) is 3.57. The number of methoxy groups -OCH3 is 1. The van der Waals surface area contributed by atoms with E-state index in [4.69, 9.17) is 0 Å². The van der Waals surface area contributed by atoms with E-state index in [-0.39, 0.29) is 22.8 Å². The number of aromatic amines is 1. The van der Waals surface area contributed by atoms with Gasteiger partial charge in [-0.2, -0.15) is 0 Å². The van der Waals surface area contributed by atoms with Crippen molar-refractivity contribution in [3.63, 3.8) is 0 Å². The molecule has 1 aliphatic rings. The van der Waals surface area contributed by atoms with Crippen LogP contribution in [0.5, 0.6) is 0 Å². The molecule has 8 heteroatoms. The average molecular weight is 223 g/mol. The quantitative estimate of drug-likeness (QED) is 0.410. The maximum atomic E-state index is 11.3. The van der Waals surface area contributed by atoms with Crippen molar-refractivity contribution in [2.45, 2.75) is 0 Å². The zero-order valence-corrected chi connectivity index (χ0v) is 8.18. The smallest absolute Gasteiger partial charge is 0.312 e. The SMILES string of the molecule is COC([O-])=C1NC=Nc2c([N+](=O)[O-])c[nH]c21. The van der Waals surface area contributed by atoms with E-state index in [1.165, 1.54) is 19.6 Å². The number of hydrogen-bond donors (Lipinski definition) is 2. The molecule has 0 fully saturated rings. The first-order valence-corrected chi connectivity index (χ1v) is 4.25. The summed E-state index contributed by atoms with van der Waals surface area (Å²) in [6, 6.07) is 0. The van der Waals surface area contributed by atoms with E-state index in [0.29, 0.717) is 0 Å². The lowest BCUT2D eigenvalue weighted by Crippen LogP contribution is -2.21. The molecule has 0 unspecified atom stereocenters. The highest BCUT2D eigenvalue weighted by Crippen LogP contribution is 2.36. The van der Waals surface area contributed by atoms with Crippen molar-refractivity contribution in [1.29, 1.82) is 0 Å². The third-order valence-electron chi connectivity index (χ3n) is 2.07. The number of nitrogens with zero attached hydrogens (tertiary/aromatic N) is 2. The molecule has 0 radical (unpaired) electrons. The minimum atomic E-state index is -0.621. The van der Waals surface area contributed by atoms with Crippen molar-refractivity contribution in [3.05, 3.63) is 28.0 Å². The summed E-state index contributed by atoms with van der Waals surface area (Å²) in [5.74, 6) is -0.621. The number of aliphatic imine (C=N–C) groups is 1. The van der Waals surface area contributed by atoms with E-state index in [1.807, 2.05) is 0 Å². The van der Waals surface area contributed by atoms with Crippen LogP contribution in [0.4, 0.5) is 11.4 Å². The Morgan fingerprint density at radius 1 is 1.62 bits per heavy atom. The molecule has 1 aliphatic heterocycles. The van der Waals surface area contributed by atoms with Gasteiger partial charge >= 0.3 is 5.69 Å². The monoisotopic (exact) mass is 223 g/mol. The fourth-order valence-corrected chi connectivity index (χ4v) is 1.36. The fraction of sp³-hybridized carbons (Fsp3) is 0.125. The van der Waals surface area contributed by atoms with E-state index < -0.39 is 10.9 Å². The predicted molar refractivity (Wildman–Crippen MR) is 52.7 cm³/mol. The summed E-state index contributed by atoms with van der Waals surface area (Å²) in [6.45, 7) is 0. The lowest BCUT2D eigenvalue weighted by Gasteiger charge is -2.18. The Labute approximate surface area is 89.4 Å². The normalized spacial score (nSPS) is 16.3. The molecule has 2 rings (SSSR count). The maximum Gasteiger partial charge on any atom is 0.312 e. The van der Waals surface area contributed by atoms with Crippen LogP contribution < -0.4 is 10.4 Å². The molecule has 0 amide bonds. The summed E-state index contributed by atoms with van der Waals surface area (Å²) < 4.78 is 4.53. The largest absolute Gasteiger partial charge is 0.615 e. The number of H-pyrrole nitrogens is 1. The molecule has 0 spiro atoms. The van der Waals surface area contributed by atoms with Crippen molar-refractivity contribution < 1.29 is 14.8 Å². The van der Waals surface area contributed by atoms with Gasteiger partial charge in [0.25, 0.3) is 0 Å². The molecule has 1 aromatic heterocycles. The van der Waals surface area contributed by atoms with Crippen LogP contribution in [-0.2, 0) is 4.74 Å². The first-order chi connectivity index (χ1) is 7.65. The van der Waals surface area contributed by atoms with Crippen LogP contribution >= 0.6 is 0 Å². The number of nitrogens with one attached hydrogen (secondary N) is 2. The van der Waals surface area contributed by atoms with Gasteiger partial charge in [0.05, 0.1) is 34.8 Å². The molecule has 16 heavy (non-hydrogen) atoms. The van der Waals surface area contributed by atoms with Crippen molar-refractivity contribution in [3.8, 4) is 0 Å². The molecule has 0 aliphatic carbocycles. The number of nitro groups is 1. The van der Waals surface area contributed by atoms with Gasteiger partial charge in [0.2, 0.25) is 0 Å².